The second-order valence-electron chi connectivity index (χ2n) is 6.33. The van der Waals surface area contributed by atoms with Crippen molar-refractivity contribution < 1.29 is 14.3 Å². The molecule has 0 aliphatic carbocycles. The molecule has 2 aromatic rings. The van der Waals surface area contributed by atoms with E-state index in [9.17, 15) is 4.79 Å². The average Bonchev–Trinajstić information content (AvgIpc) is 3.17. The van der Waals surface area contributed by atoms with Crippen LogP contribution < -0.4 is 9.64 Å². The van der Waals surface area contributed by atoms with Crippen LogP contribution in [0, 0.1) is 0 Å². The van der Waals surface area contributed by atoms with Gasteiger partial charge >= 0.3 is 0 Å². The van der Waals surface area contributed by atoms with Gasteiger partial charge in [0.2, 0.25) is 5.88 Å². The van der Waals surface area contributed by atoms with E-state index in [4.69, 9.17) is 9.47 Å². The number of anilines is 1. The topological polar surface area (TPSA) is 80.7 Å². The lowest BCUT2D eigenvalue weighted by molar-refractivity contribution is 0.0771. The highest BCUT2D eigenvalue weighted by molar-refractivity contribution is 5.94. The molecule has 0 N–H and O–H groups in total. The van der Waals surface area contributed by atoms with Gasteiger partial charge in [0.1, 0.15) is 18.2 Å². The summed E-state index contributed by atoms with van der Waals surface area (Å²) in [7, 11) is 0. The highest BCUT2D eigenvalue weighted by Gasteiger charge is 2.28. The number of hydrogen-bond acceptors (Lipinski definition) is 7. The van der Waals surface area contributed by atoms with Crippen molar-refractivity contribution in [1.29, 1.82) is 0 Å². The van der Waals surface area contributed by atoms with Crippen LogP contribution in [0.4, 0.5) is 5.82 Å². The number of pyridine rings is 1. The number of likely N-dealkylation sites (tertiary alicyclic amines) is 1. The molecule has 8 nitrogen and oxygen atoms in total. The van der Waals surface area contributed by atoms with Crippen molar-refractivity contribution >= 4 is 11.7 Å². The minimum atomic E-state index is -0.0618. The van der Waals surface area contributed by atoms with Crippen molar-refractivity contribution in [3.8, 4) is 5.88 Å². The number of aromatic nitrogens is 3. The Labute approximate surface area is 151 Å². The monoisotopic (exact) mass is 355 g/mol. The number of hydrogen-bond donors (Lipinski definition) is 0. The molecular weight excluding hydrogens is 334 g/mol. The molecule has 4 heterocycles. The Bertz CT molecular complexity index is 752. The zero-order chi connectivity index (χ0) is 17.8. The first kappa shape index (κ1) is 16.7. The summed E-state index contributed by atoms with van der Waals surface area (Å²) in [6.45, 7) is 4.26. The third-order valence-corrected chi connectivity index (χ3v) is 4.61. The predicted molar refractivity (Wildman–Crippen MR) is 94.2 cm³/mol. The van der Waals surface area contributed by atoms with Gasteiger partial charge in [-0.2, -0.15) is 0 Å². The van der Waals surface area contributed by atoms with Gasteiger partial charge in [-0.05, 0) is 12.1 Å². The summed E-state index contributed by atoms with van der Waals surface area (Å²) in [5, 5.41) is 0. The van der Waals surface area contributed by atoms with Crippen LogP contribution in [0.5, 0.6) is 5.88 Å². The number of rotatable bonds is 4. The van der Waals surface area contributed by atoms with Crippen LogP contribution in [0.2, 0.25) is 0 Å². The van der Waals surface area contributed by atoms with Crippen molar-refractivity contribution in [2.75, 3.05) is 44.3 Å². The Morgan fingerprint density at radius 3 is 2.77 bits per heavy atom. The molecule has 1 amide bonds. The van der Waals surface area contributed by atoms with E-state index in [1.54, 1.807) is 24.5 Å². The number of carbonyl (C=O) groups excluding carboxylic acids is 1. The zero-order valence-electron chi connectivity index (χ0n) is 14.5. The van der Waals surface area contributed by atoms with Crippen LogP contribution in [0.15, 0.2) is 36.9 Å². The summed E-state index contributed by atoms with van der Waals surface area (Å²) in [4.78, 5) is 29.0. The van der Waals surface area contributed by atoms with Gasteiger partial charge in [0.05, 0.1) is 19.8 Å². The molecule has 4 rings (SSSR count). The molecule has 0 saturated carbocycles. The van der Waals surface area contributed by atoms with Crippen molar-refractivity contribution in [3.05, 3.63) is 42.5 Å². The van der Waals surface area contributed by atoms with Crippen LogP contribution in [0.25, 0.3) is 0 Å². The molecule has 0 bridgehead atoms. The molecule has 2 aromatic heterocycles. The summed E-state index contributed by atoms with van der Waals surface area (Å²) >= 11 is 0. The number of ether oxygens (including phenoxy) is 2. The van der Waals surface area contributed by atoms with E-state index in [2.05, 4.69) is 19.9 Å². The van der Waals surface area contributed by atoms with Crippen molar-refractivity contribution in [1.82, 2.24) is 19.9 Å². The fourth-order valence-electron chi connectivity index (χ4n) is 3.22. The molecule has 2 fully saturated rings. The number of carbonyl (C=O) groups is 1. The summed E-state index contributed by atoms with van der Waals surface area (Å²) in [5.74, 6) is 1.40. The molecule has 0 aromatic carbocycles. The highest BCUT2D eigenvalue weighted by atomic mass is 16.5. The fourth-order valence-corrected chi connectivity index (χ4v) is 3.22. The Hall–Kier alpha value is -2.74. The van der Waals surface area contributed by atoms with E-state index in [1.165, 1.54) is 6.33 Å². The lowest BCUT2D eigenvalue weighted by Gasteiger charge is -2.27. The van der Waals surface area contributed by atoms with Crippen molar-refractivity contribution in [2.24, 2.45) is 0 Å². The van der Waals surface area contributed by atoms with Gasteiger partial charge in [-0.25, -0.2) is 9.97 Å². The number of amides is 1. The maximum Gasteiger partial charge on any atom is 0.254 e. The quantitative estimate of drug-likeness (QED) is 0.809. The number of nitrogens with zero attached hydrogens (tertiary/aromatic N) is 5. The minimum Gasteiger partial charge on any atom is -0.472 e. The van der Waals surface area contributed by atoms with Gasteiger partial charge in [0.25, 0.3) is 5.91 Å². The summed E-state index contributed by atoms with van der Waals surface area (Å²) < 4.78 is 11.4. The minimum absolute atomic E-state index is 0.00944. The van der Waals surface area contributed by atoms with Gasteiger partial charge in [-0.1, -0.05) is 0 Å². The van der Waals surface area contributed by atoms with Crippen LogP contribution in [0.1, 0.15) is 16.8 Å². The van der Waals surface area contributed by atoms with E-state index in [0.29, 0.717) is 37.7 Å². The molecule has 0 radical (unpaired) electrons. The first-order valence-corrected chi connectivity index (χ1v) is 8.80. The van der Waals surface area contributed by atoms with Crippen LogP contribution in [-0.2, 0) is 4.74 Å². The fraction of sp³-hybridized carbons (Fsp3) is 0.444. The van der Waals surface area contributed by atoms with Crippen molar-refractivity contribution in [2.45, 2.75) is 12.5 Å². The third kappa shape index (κ3) is 3.75. The lowest BCUT2D eigenvalue weighted by atomic mass is 10.2. The molecule has 0 spiro atoms. The standard InChI is InChI=1S/C18H21N5O3/c24-18(14-1-4-19-5-2-14)23-6-3-15(12-23)26-17-11-16(20-13-21-17)22-7-9-25-10-8-22/h1-2,4-5,11,13,15H,3,6-10,12H2/t15-/m1/s1. The molecule has 8 heteroatoms. The van der Waals surface area contributed by atoms with Crippen LogP contribution in [-0.4, -0.2) is 71.3 Å². The smallest absolute Gasteiger partial charge is 0.254 e. The maximum absolute atomic E-state index is 12.5. The van der Waals surface area contributed by atoms with Crippen molar-refractivity contribution in [3.63, 3.8) is 0 Å². The van der Waals surface area contributed by atoms with Gasteiger partial charge < -0.3 is 19.3 Å². The number of morpholine rings is 1. The van der Waals surface area contributed by atoms with E-state index < -0.39 is 0 Å². The van der Waals surface area contributed by atoms with Crippen LogP contribution >= 0.6 is 0 Å². The molecule has 136 valence electrons. The molecule has 1 atom stereocenters. The van der Waals surface area contributed by atoms with Gasteiger partial charge in [0.15, 0.2) is 0 Å². The van der Waals surface area contributed by atoms with E-state index in [1.807, 2.05) is 11.0 Å². The molecule has 2 aliphatic heterocycles. The largest absolute Gasteiger partial charge is 0.472 e. The normalized spacial score (nSPS) is 20.2. The Balaban J connectivity index is 1.37. The zero-order valence-corrected chi connectivity index (χ0v) is 14.5. The molecule has 0 unspecified atom stereocenters. The third-order valence-electron chi connectivity index (χ3n) is 4.61. The van der Waals surface area contributed by atoms with Gasteiger partial charge in [-0.3, -0.25) is 9.78 Å². The molecular formula is C18H21N5O3. The summed E-state index contributed by atoms with van der Waals surface area (Å²) in [6, 6.07) is 5.32. The van der Waals surface area contributed by atoms with Gasteiger partial charge in [-0.15, -0.1) is 0 Å². The summed E-state index contributed by atoms with van der Waals surface area (Å²) in [6.07, 6.45) is 5.51. The maximum atomic E-state index is 12.5. The predicted octanol–water partition coefficient (Wildman–Crippen LogP) is 1.00. The highest BCUT2D eigenvalue weighted by Crippen LogP contribution is 2.21. The van der Waals surface area contributed by atoms with E-state index in [-0.39, 0.29) is 12.0 Å². The first-order chi connectivity index (χ1) is 12.8. The van der Waals surface area contributed by atoms with Gasteiger partial charge in [0, 0.05) is 50.1 Å². The lowest BCUT2D eigenvalue weighted by Crippen LogP contribution is -2.36. The molecule has 26 heavy (non-hydrogen) atoms. The SMILES string of the molecule is O=C(c1ccncc1)N1CC[C@@H](Oc2cc(N3CCOCC3)ncn2)C1. The second kappa shape index (κ2) is 7.65. The summed E-state index contributed by atoms with van der Waals surface area (Å²) in [5.41, 5.74) is 0.650. The van der Waals surface area contributed by atoms with E-state index >= 15 is 0 Å². The van der Waals surface area contributed by atoms with Crippen LogP contribution in [0.3, 0.4) is 0 Å². The Kier molecular flexibility index (Phi) is 4.92. The molecule has 2 saturated heterocycles. The second-order valence-corrected chi connectivity index (χ2v) is 6.33. The molecule has 2 aliphatic rings. The Morgan fingerprint density at radius 1 is 1.15 bits per heavy atom. The van der Waals surface area contributed by atoms with E-state index in [0.717, 1.165) is 25.3 Å². The average molecular weight is 355 g/mol. The Morgan fingerprint density at radius 2 is 1.96 bits per heavy atom. The first-order valence-electron chi connectivity index (χ1n) is 8.80.